The summed E-state index contributed by atoms with van der Waals surface area (Å²) >= 11 is 0. The van der Waals surface area contributed by atoms with E-state index in [1.165, 1.54) is 42.6 Å². The molecule has 138 valence electrons. The number of nitro groups is 2. The number of sulfonamides is 1. The minimum atomic E-state index is -3.89. The van der Waals surface area contributed by atoms with Gasteiger partial charge in [0.2, 0.25) is 10.0 Å². The maximum atomic E-state index is 11.4. The number of fused-ring (bicyclic) bond motifs is 1. The molecule has 12 heteroatoms. The fourth-order valence-electron chi connectivity index (χ4n) is 2.50. The second-order valence-electron chi connectivity index (χ2n) is 5.40. The zero-order valence-corrected chi connectivity index (χ0v) is 14.2. The van der Waals surface area contributed by atoms with Crippen LogP contribution in [0.1, 0.15) is 0 Å². The van der Waals surface area contributed by atoms with Crippen LogP contribution in [0.15, 0.2) is 53.6 Å². The zero-order chi connectivity index (χ0) is 19.8. The van der Waals surface area contributed by atoms with Gasteiger partial charge in [-0.2, -0.15) is 0 Å². The lowest BCUT2D eigenvalue weighted by Crippen LogP contribution is -2.11. The molecule has 0 saturated carbocycles. The molecule has 1 aromatic heterocycles. The summed E-state index contributed by atoms with van der Waals surface area (Å²) < 4.78 is 22.6. The Morgan fingerprint density at radius 3 is 2.19 bits per heavy atom. The Balaban J connectivity index is 2.19. The fraction of sp³-hybridized carbons (Fsp3) is 0. The van der Waals surface area contributed by atoms with Gasteiger partial charge in [-0.1, -0.05) is 0 Å². The monoisotopic (exact) mass is 389 g/mol. The van der Waals surface area contributed by atoms with Gasteiger partial charge in [-0.3, -0.25) is 25.2 Å². The number of hydrogen-bond donors (Lipinski definition) is 2. The Kier molecular flexibility index (Phi) is 4.43. The van der Waals surface area contributed by atoms with Crippen molar-refractivity contribution in [1.82, 2.24) is 4.98 Å². The molecule has 27 heavy (non-hydrogen) atoms. The highest BCUT2D eigenvalue weighted by atomic mass is 32.2. The van der Waals surface area contributed by atoms with Crippen molar-refractivity contribution in [3.8, 4) is 0 Å². The summed E-state index contributed by atoms with van der Waals surface area (Å²) in [7, 11) is -3.89. The average molecular weight is 389 g/mol. The first-order valence-corrected chi connectivity index (χ1v) is 8.83. The van der Waals surface area contributed by atoms with E-state index in [0.29, 0.717) is 5.69 Å². The minimum absolute atomic E-state index is 0.0360. The van der Waals surface area contributed by atoms with Crippen molar-refractivity contribution in [1.29, 1.82) is 0 Å². The first-order valence-electron chi connectivity index (χ1n) is 7.29. The van der Waals surface area contributed by atoms with Crippen LogP contribution in [0.4, 0.5) is 22.7 Å². The molecular formula is C15H11N5O6S. The van der Waals surface area contributed by atoms with Crippen molar-refractivity contribution in [2.75, 3.05) is 5.32 Å². The van der Waals surface area contributed by atoms with Crippen LogP contribution >= 0.6 is 0 Å². The quantitative estimate of drug-likeness (QED) is 0.494. The minimum Gasteiger partial charge on any atom is -0.348 e. The Morgan fingerprint density at radius 1 is 1.00 bits per heavy atom. The van der Waals surface area contributed by atoms with Crippen molar-refractivity contribution >= 4 is 43.7 Å². The number of hydrogen-bond acceptors (Lipinski definition) is 8. The molecule has 0 saturated heterocycles. The molecule has 0 radical (unpaired) electrons. The number of nitrogens with two attached hydrogens (primary N) is 1. The smallest absolute Gasteiger partial charge is 0.301 e. The van der Waals surface area contributed by atoms with Gasteiger partial charge in [0, 0.05) is 11.9 Å². The number of benzene rings is 2. The molecule has 0 unspecified atom stereocenters. The summed E-state index contributed by atoms with van der Waals surface area (Å²) in [4.78, 5) is 25.1. The van der Waals surface area contributed by atoms with E-state index in [4.69, 9.17) is 5.14 Å². The van der Waals surface area contributed by atoms with Crippen LogP contribution in [0.2, 0.25) is 0 Å². The summed E-state index contributed by atoms with van der Waals surface area (Å²) in [5.41, 5.74) is -0.687. The van der Waals surface area contributed by atoms with Gasteiger partial charge in [0.25, 0.3) is 5.69 Å². The Bertz CT molecular complexity index is 1180. The van der Waals surface area contributed by atoms with Gasteiger partial charge in [0.1, 0.15) is 11.2 Å². The van der Waals surface area contributed by atoms with Gasteiger partial charge in [-0.05, 0) is 36.4 Å². The largest absolute Gasteiger partial charge is 0.348 e. The van der Waals surface area contributed by atoms with E-state index in [9.17, 15) is 28.6 Å². The summed E-state index contributed by atoms with van der Waals surface area (Å²) in [5.74, 6) is 0. The van der Waals surface area contributed by atoms with Crippen LogP contribution in [0.3, 0.4) is 0 Å². The molecule has 0 fully saturated rings. The highest BCUT2D eigenvalue weighted by Gasteiger charge is 2.26. The van der Waals surface area contributed by atoms with Crippen molar-refractivity contribution in [3.63, 3.8) is 0 Å². The van der Waals surface area contributed by atoms with Crippen molar-refractivity contribution in [3.05, 3.63) is 68.9 Å². The average Bonchev–Trinajstić information content (AvgIpc) is 2.61. The predicted molar refractivity (Wildman–Crippen MR) is 96.1 cm³/mol. The molecule has 0 bridgehead atoms. The number of nitrogens with one attached hydrogen (secondary N) is 1. The maximum Gasteiger partial charge on any atom is 0.301 e. The predicted octanol–water partition coefficient (Wildman–Crippen LogP) is 2.44. The number of rotatable bonds is 5. The second kappa shape index (κ2) is 6.59. The molecule has 0 aliphatic rings. The number of anilines is 2. The molecule has 2 aromatic carbocycles. The number of aromatic nitrogens is 1. The summed E-state index contributed by atoms with van der Waals surface area (Å²) in [6.45, 7) is 0. The van der Waals surface area contributed by atoms with E-state index in [0.717, 1.165) is 6.07 Å². The fourth-order valence-corrected chi connectivity index (χ4v) is 3.02. The van der Waals surface area contributed by atoms with Crippen LogP contribution in [-0.2, 0) is 10.0 Å². The van der Waals surface area contributed by atoms with E-state index in [1.807, 2.05) is 0 Å². The lowest BCUT2D eigenvalue weighted by atomic mass is 10.1. The first-order chi connectivity index (χ1) is 12.7. The van der Waals surface area contributed by atoms with Gasteiger partial charge in [0.05, 0.1) is 26.2 Å². The van der Waals surface area contributed by atoms with Crippen LogP contribution in [0, 0.1) is 20.2 Å². The molecular weight excluding hydrogens is 378 g/mol. The lowest BCUT2D eigenvalue weighted by Gasteiger charge is -2.10. The number of nitro benzene ring substituents is 2. The number of nitrogens with zero attached hydrogens (tertiary/aromatic N) is 3. The molecule has 11 nitrogen and oxygen atoms in total. The number of primary sulfonamides is 1. The van der Waals surface area contributed by atoms with E-state index in [2.05, 4.69) is 10.3 Å². The highest BCUT2D eigenvalue weighted by molar-refractivity contribution is 7.89. The molecule has 1 heterocycles. The van der Waals surface area contributed by atoms with E-state index < -0.39 is 31.2 Å². The lowest BCUT2D eigenvalue weighted by molar-refractivity contribution is -0.392. The molecule has 3 rings (SSSR count). The van der Waals surface area contributed by atoms with Crippen molar-refractivity contribution in [2.45, 2.75) is 4.90 Å². The van der Waals surface area contributed by atoms with E-state index >= 15 is 0 Å². The topological polar surface area (TPSA) is 171 Å². The SMILES string of the molecule is NS(=O)(=O)c1ccc(Nc2c([N+](=O)[O-])cc([N+](=O)[O-])c3cccnc23)cc1. The molecule has 0 aliphatic heterocycles. The second-order valence-corrected chi connectivity index (χ2v) is 6.96. The zero-order valence-electron chi connectivity index (χ0n) is 13.4. The maximum absolute atomic E-state index is 11.4. The number of non-ortho nitro benzene ring substituents is 1. The van der Waals surface area contributed by atoms with Crippen molar-refractivity contribution in [2.24, 2.45) is 5.14 Å². The van der Waals surface area contributed by atoms with Gasteiger partial charge in [-0.15, -0.1) is 0 Å². The molecule has 3 aromatic rings. The Hall–Kier alpha value is -3.64. The third-order valence-electron chi connectivity index (χ3n) is 3.70. The third-order valence-corrected chi connectivity index (χ3v) is 4.62. The summed E-state index contributed by atoms with van der Waals surface area (Å²) in [6.07, 6.45) is 1.35. The Labute approximate surface area is 151 Å². The molecule has 0 atom stereocenters. The Morgan fingerprint density at radius 2 is 1.63 bits per heavy atom. The van der Waals surface area contributed by atoms with Crippen LogP contribution in [0.25, 0.3) is 10.9 Å². The summed E-state index contributed by atoms with van der Waals surface area (Å²) in [6, 6.07) is 8.94. The van der Waals surface area contributed by atoms with Crippen LogP contribution in [0.5, 0.6) is 0 Å². The van der Waals surface area contributed by atoms with Gasteiger partial charge < -0.3 is 5.32 Å². The normalized spacial score (nSPS) is 11.3. The van der Waals surface area contributed by atoms with Crippen molar-refractivity contribution < 1.29 is 18.3 Å². The molecule has 0 amide bonds. The van der Waals surface area contributed by atoms with Crippen LogP contribution in [-0.4, -0.2) is 23.2 Å². The highest BCUT2D eigenvalue weighted by Crippen LogP contribution is 2.39. The number of pyridine rings is 1. The standard InChI is InChI=1S/C15H11N5O6S/c16-27(25,26)10-5-3-9(4-6-10)18-15-13(20(23)24)8-12(19(21)22)11-2-1-7-17-14(11)15/h1-8,18H,(H2,16,25,26). The van der Waals surface area contributed by atoms with E-state index in [1.54, 1.807) is 0 Å². The van der Waals surface area contributed by atoms with E-state index in [-0.39, 0.29) is 21.5 Å². The van der Waals surface area contributed by atoms with Gasteiger partial charge in [0.15, 0.2) is 0 Å². The third kappa shape index (κ3) is 3.51. The molecule has 0 spiro atoms. The van der Waals surface area contributed by atoms with Gasteiger partial charge >= 0.3 is 5.69 Å². The molecule has 0 aliphatic carbocycles. The molecule has 3 N–H and O–H groups in total. The summed E-state index contributed by atoms with van der Waals surface area (Å²) in [5, 5.41) is 30.6. The van der Waals surface area contributed by atoms with Crippen LogP contribution < -0.4 is 10.5 Å². The van der Waals surface area contributed by atoms with Gasteiger partial charge in [-0.25, -0.2) is 13.6 Å². The first kappa shape index (κ1) is 18.2.